The zero-order chi connectivity index (χ0) is 15.3. The maximum atomic E-state index is 12.9. The second-order valence-electron chi connectivity index (χ2n) is 4.42. The zero-order valence-electron chi connectivity index (χ0n) is 11.2. The fourth-order valence-electron chi connectivity index (χ4n) is 1.86. The average Bonchev–Trinajstić information content (AvgIpc) is 2.50. The summed E-state index contributed by atoms with van der Waals surface area (Å²) in [5.74, 6) is 1.98. The predicted octanol–water partition coefficient (Wildman–Crippen LogP) is 2.65. The molecule has 0 aliphatic carbocycles. The van der Waals surface area contributed by atoms with Crippen molar-refractivity contribution in [3.8, 4) is 12.3 Å². The van der Waals surface area contributed by atoms with Crippen LogP contribution in [0.5, 0.6) is 0 Å². The van der Waals surface area contributed by atoms with Crippen LogP contribution in [0.1, 0.15) is 5.56 Å². The number of hydrogen-bond acceptors (Lipinski definition) is 2. The number of rotatable bonds is 5. The van der Waals surface area contributed by atoms with Crippen molar-refractivity contribution >= 4 is 10.0 Å². The summed E-state index contributed by atoms with van der Waals surface area (Å²) in [6, 6.07) is 13.7. The summed E-state index contributed by atoms with van der Waals surface area (Å²) in [6.45, 7) is 0.0519. The molecule has 0 bridgehead atoms. The number of sulfonamides is 1. The van der Waals surface area contributed by atoms with Gasteiger partial charge < -0.3 is 0 Å². The van der Waals surface area contributed by atoms with Crippen LogP contribution in [0, 0.1) is 18.2 Å². The Bertz CT molecular complexity index is 734. The van der Waals surface area contributed by atoms with Crippen LogP contribution in [0.15, 0.2) is 59.5 Å². The van der Waals surface area contributed by atoms with Crippen molar-refractivity contribution in [2.24, 2.45) is 0 Å². The van der Waals surface area contributed by atoms with E-state index < -0.39 is 10.0 Å². The minimum Gasteiger partial charge on any atom is -0.207 e. The van der Waals surface area contributed by atoms with Crippen molar-refractivity contribution in [1.29, 1.82) is 0 Å². The van der Waals surface area contributed by atoms with E-state index in [9.17, 15) is 12.8 Å². The highest BCUT2D eigenvalue weighted by Crippen LogP contribution is 2.18. The van der Waals surface area contributed by atoms with Crippen LogP contribution in [-0.2, 0) is 16.6 Å². The van der Waals surface area contributed by atoms with Gasteiger partial charge in [-0.05, 0) is 29.8 Å². The van der Waals surface area contributed by atoms with Gasteiger partial charge in [-0.25, -0.2) is 12.8 Å². The highest BCUT2D eigenvalue weighted by molar-refractivity contribution is 7.89. The fraction of sp³-hybridized carbons (Fsp3) is 0.125. The largest absolute Gasteiger partial charge is 0.244 e. The number of nitrogens with zero attached hydrogens (tertiary/aromatic N) is 1. The van der Waals surface area contributed by atoms with E-state index in [-0.39, 0.29) is 23.8 Å². The minimum absolute atomic E-state index is 0.0470. The van der Waals surface area contributed by atoms with Crippen LogP contribution < -0.4 is 0 Å². The first-order chi connectivity index (χ1) is 10.0. The lowest BCUT2D eigenvalue weighted by Gasteiger charge is -2.20. The summed E-state index contributed by atoms with van der Waals surface area (Å²) >= 11 is 0. The molecule has 0 atom stereocenters. The molecule has 0 spiro atoms. The van der Waals surface area contributed by atoms with Crippen LogP contribution in [0.3, 0.4) is 0 Å². The van der Waals surface area contributed by atoms with Crippen LogP contribution in [0.2, 0.25) is 0 Å². The van der Waals surface area contributed by atoms with Gasteiger partial charge in [0, 0.05) is 6.54 Å². The van der Waals surface area contributed by atoms with Crippen LogP contribution in [0.4, 0.5) is 4.39 Å². The number of terminal acetylenes is 1. The van der Waals surface area contributed by atoms with Gasteiger partial charge in [0.05, 0.1) is 11.4 Å². The molecule has 0 aliphatic heterocycles. The van der Waals surface area contributed by atoms with Crippen molar-refractivity contribution in [1.82, 2.24) is 4.31 Å². The van der Waals surface area contributed by atoms with Gasteiger partial charge in [-0.2, -0.15) is 4.31 Å². The maximum Gasteiger partial charge on any atom is 0.244 e. The summed E-state index contributed by atoms with van der Waals surface area (Å²) < 4.78 is 39.2. The Balaban J connectivity index is 2.31. The van der Waals surface area contributed by atoms with Crippen LogP contribution >= 0.6 is 0 Å². The van der Waals surface area contributed by atoms with E-state index in [0.29, 0.717) is 5.56 Å². The second kappa shape index (κ2) is 6.53. The van der Waals surface area contributed by atoms with Gasteiger partial charge in [-0.3, -0.25) is 0 Å². The molecule has 0 N–H and O–H groups in total. The standard InChI is InChI=1S/C16H14FNO2S/c1-2-12-18(13-14-8-10-15(17)11-9-14)21(19,20)16-6-4-3-5-7-16/h1,3-11H,12-13H2. The van der Waals surface area contributed by atoms with E-state index >= 15 is 0 Å². The lowest BCUT2D eigenvalue weighted by atomic mass is 10.2. The molecule has 0 radical (unpaired) electrons. The van der Waals surface area contributed by atoms with Crippen molar-refractivity contribution < 1.29 is 12.8 Å². The molecular formula is C16H14FNO2S. The molecule has 2 aromatic rings. The highest BCUT2D eigenvalue weighted by atomic mass is 32.2. The summed E-state index contributed by atoms with van der Waals surface area (Å²) in [5, 5.41) is 0. The monoisotopic (exact) mass is 303 g/mol. The third kappa shape index (κ3) is 3.69. The van der Waals surface area contributed by atoms with Crippen molar-refractivity contribution in [2.75, 3.05) is 6.54 Å². The Labute approximate surface area is 124 Å². The summed E-state index contributed by atoms with van der Waals surface area (Å²) in [7, 11) is -3.67. The first-order valence-corrected chi connectivity index (χ1v) is 7.71. The van der Waals surface area contributed by atoms with Gasteiger partial charge in [-0.1, -0.05) is 36.3 Å². The molecule has 0 saturated carbocycles. The molecule has 108 valence electrons. The van der Waals surface area contributed by atoms with Crippen molar-refractivity contribution in [3.05, 3.63) is 66.0 Å². The van der Waals surface area contributed by atoms with Crippen LogP contribution in [0.25, 0.3) is 0 Å². The van der Waals surface area contributed by atoms with E-state index in [4.69, 9.17) is 6.42 Å². The molecule has 0 saturated heterocycles. The van der Waals surface area contributed by atoms with Crippen LogP contribution in [-0.4, -0.2) is 19.3 Å². The maximum absolute atomic E-state index is 12.9. The topological polar surface area (TPSA) is 37.4 Å². The Hall–Kier alpha value is -2.16. The van der Waals surface area contributed by atoms with E-state index in [0.717, 1.165) is 0 Å². The molecule has 0 aliphatic rings. The fourth-order valence-corrected chi connectivity index (χ4v) is 3.23. The lowest BCUT2D eigenvalue weighted by molar-refractivity contribution is 0.442. The smallest absolute Gasteiger partial charge is 0.207 e. The molecule has 5 heteroatoms. The quantitative estimate of drug-likeness (QED) is 0.796. The van der Waals surface area contributed by atoms with Gasteiger partial charge in [0.25, 0.3) is 0 Å². The van der Waals surface area contributed by atoms with Gasteiger partial charge in [-0.15, -0.1) is 6.42 Å². The molecule has 0 fully saturated rings. The lowest BCUT2D eigenvalue weighted by Crippen LogP contribution is -2.31. The minimum atomic E-state index is -3.67. The SMILES string of the molecule is C#CCN(Cc1ccc(F)cc1)S(=O)(=O)c1ccccc1. The Morgan fingerprint density at radius 2 is 1.67 bits per heavy atom. The molecule has 21 heavy (non-hydrogen) atoms. The van der Waals surface area contributed by atoms with E-state index in [2.05, 4.69) is 5.92 Å². The van der Waals surface area contributed by atoms with Crippen molar-refractivity contribution in [3.63, 3.8) is 0 Å². The molecule has 2 rings (SSSR count). The molecular weight excluding hydrogens is 289 g/mol. The normalized spacial score (nSPS) is 11.3. The molecule has 0 heterocycles. The Morgan fingerprint density at radius 3 is 2.24 bits per heavy atom. The van der Waals surface area contributed by atoms with E-state index in [1.165, 1.54) is 28.6 Å². The molecule has 0 unspecified atom stereocenters. The third-order valence-corrected chi connectivity index (χ3v) is 4.73. The van der Waals surface area contributed by atoms with Gasteiger partial charge >= 0.3 is 0 Å². The van der Waals surface area contributed by atoms with E-state index in [1.807, 2.05) is 0 Å². The number of benzene rings is 2. The Kier molecular flexibility index (Phi) is 4.73. The number of halogens is 1. The summed E-state index contributed by atoms with van der Waals surface area (Å²) in [6.07, 6.45) is 5.27. The second-order valence-corrected chi connectivity index (χ2v) is 6.35. The predicted molar refractivity (Wildman–Crippen MR) is 79.3 cm³/mol. The number of hydrogen-bond donors (Lipinski definition) is 0. The zero-order valence-corrected chi connectivity index (χ0v) is 12.1. The van der Waals surface area contributed by atoms with E-state index in [1.54, 1.807) is 30.3 Å². The van der Waals surface area contributed by atoms with Gasteiger partial charge in [0.2, 0.25) is 10.0 Å². The van der Waals surface area contributed by atoms with Crippen molar-refractivity contribution in [2.45, 2.75) is 11.4 Å². The average molecular weight is 303 g/mol. The molecule has 3 nitrogen and oxygen atoms in total. The third-order valence-electron chi connectivity index (χ3n) is 2.92. The highest BCUT2D eigenvalue weighted by Gasteiger charge is 2.23. The van der Waals surface area contributed by atoms with Gasteiger partial charge in [0.15, 0.2) is 0 Å². The Morgan fingerprint density at radius 1 is 1.05 bits per heavy atom. The molecule has 2 aromatic carbocycles. The van der Waals surface area contributed by atoms with Gasteiger partial charge in [0.1, 0.15) is 5.82 Å². The molecule has 0 aromatic heterocycles. The summed E-state index contributed by atoms with van der Waals surface area (Å²) in [4.78, 5) is 0.183. The summed E-state index contributed by atoms with van der Waals surface area (Å²) in [5.41, 5.74) is 0.672. The molecule has 0 amide bonds. The first kappa shape index (κ1) is 15.2. The first-order valence-electron chi connectivity index (χ1n) is 6.27.